The molecule has 2 aliphatic heterocycles. The molecule has 0 saturated carbocycles. The smallest absolute Gasteiger partial charge is 0.251 e. The molecule has 0 aliphatic carbocycles. The molecule has 0 radical (unpaired) electrons. The summed E-state index contributed by atoms with van der Waals surface area (Å²) < 4.78 is 35.3. The molecular formula is C19H28N2O5S. The molecule has 2 atom stereocenters. The maximum absolute atomic E-state index is 12.8. The van der Waals surface area contributed by atoms with Gasteiger partial charge in [-0.25, -0.2) is 8.42 Å². The van der Waals surface area contributed by atoms with Crippen LogP contribution < -0.4 is 14.8 Å². The molecule has 7 nitrogen and oxygen atoms in total. The Labute approximate surface area is 160 Å². The van der Waals surface area contributed by atoms with E-state index >= 15 is 0 Å². The minimum Gasteiger partial charge on any atom is -0.493 e. The Bertz CT molecular complexity index is 787. The summed E-state index contributed by atoms with van der Waals surface area (Å²) in [5.74, 6) is 0.859. The average molecular weight is 397 g/mol. The summed E-state index contributed by atoms with van der Waals surface area (Å²) in [5, 5.41) is 2.93. The molecule has 1 aromatic rings. The van der Waals surface area contributed by atoms with Gasteiger partial charge in [-0.1, -0.05) is 0 Å². The van der Waals surface area contributed by atoms with E-state index < -0.39 is 15.9 Å². The second-order valence-electron chi connectivity index (χ2n) is 7.50. The number of likely N-dealkylation sites (tertiary alicyclic amines) is 1. The van der Waals surface area contributed by atoms with Crippen molar-refractivity contribution in [1.82, 2.24) is 10.2 Å². The number of methoxy groups -OCH3 is 1. The molecule has 2 aliphatic rings. The van der Waals surface area contributed by atoms with E-state index in [4.69, 9.17) is 9.47 Å². The lowest BCUT2D eigenvalue weighted by atomic mass is 10.1. The molecule has 0 spiro atoms. The number of nitrogens with one attached hydrogen (secondary N) is 1. The zero-order valence-corrected chi connectivity index (χ0v) is 16.9. The predicted octanol–water partition coefficient (Wildman–Crippen LogP) is 1.47. The van der Waals surface area contributed by atoms with Crippen LogP contribution in [-0.2, 0) is 9.84 Å². The van der Waals surface area contributed by atoms with Crippen molar-refractivity contribution < 1.29 is 22.7 Å². The second kappa shape index (κ2) is 8.06. The number of sulfone groups is 1. The Morgan fingerprint density at radius 2 is 1.89 bits per heavy atom. The quantitative estimate of drug-likeness (QED) is 0.784. The molecule has 8 heteroatoms. The van der Waals surface area contributed by atoms with Crippen molar-refractivity contribution in [2.75, 3.05) is 31.7 Å². The lowest BCUT2D eigenvalue weighted by Gasteiger charge is -2.28. The first kappa shape index (κ1) is 19.9. The topological polar surface area (TPSA) is 84.9 Å². The van der Waals surface area contributed by atoms with E-state index in [2.05, 4.69) is 10.2 Å². The van der Waals surface area contributed by atoms with E-state index in [0.717, 1.165) is 25.9 Å². The van der Waals surface area contributed by atoms with E-state index in [1.807, 2.05) is 13.8 Å². The normalized spacial score (nSPS) is 24.9. The number of carbonyl (C=O) groups excluding carboxylic acids is 1. The van der Waals surface area contributed by atoms with Gasteiger partial charge in [0.25, 0.3) is 5.91 Å². The Balaban J connectivity index is 1.75. The van der Waals surface area contributed by atoms with Crippen molar-refractivity contribution in [3.63, 3.8) is 0 Å². The van der Waals surface area contributed by atoms with Crippen LogP contribution in [0.1, 0.15) is 37.0 Å². The summed E-state index contributed by atoms with van der Waals surface area (Å²) in [6.45, 7) is 5.61. The third-order valence-corrected chi connectivity index (χ3v) is 6.75. The molecule has 27 heavy (non-hydrogen) atoms. The number of rotatable bonds is 6. The highest BCUT2D eigenvalue weighted by molar-refractivity contribution is 7.91. The van der Waals surface area contributed by atoms with Gasteiger partial charge in [-0.15, -0.1) is 0 Å². The summed E-state index contributed by atoms with van der Waals surface area (Å²) in [6, 6.07) is 4.47. The zero-order valence-electron chi connectivity index (χ0n) is 16.1. The highest BCUT2D eigenvalue weighted by Crippen LogP contribution is 2.29. The number of nitrogens with zero attached hydrogens (tertiary/aromatic N) is 1. The minimum atomic E-state index is -3.14. The van der Waals surface area contributed by atoms with E-state index in [-0.39, 0.29) is 29.6 Å². The fourth-order valence-electron chi connectivity index (χ4n) is 3.81. The monoisotopic (exact) mass is 396 g/mol. The third-order valence-electron chi connectivity index (χ3n) is 5.04. The van der Waals surface area contributed by atoms with Gasteiger partial charge in [0, 0.05) is 11.6 Å². The first-order valence-corrected chi connectivity index (χ1v) is 11.2. The molecule has 3 rings (SSSR count). The van der Waals surface area contributed by atoms with Gasteiger partial charge in [-0.3, -0.25) is 9.69 Å². The molecule has 1 aromatic carbocycles. The molecule has 0 aromatic heterocycles. The zero-order chi connectivity index (χ0) is 19.6. The second-order valence-corrected chi connectivity index (χ2v) is 9.65. The summed E-state index contributed by atoms with van der Waals surface area (Å²) in [6.07, 6.45) is 2.14. The van der Waals surface area contributed by atoms with E-state index in [9.17, 15) is 13.2 Å². The van der Waals surface area contributed by atoms with Crippen LogP contribution in [0, 0.1) is 0 Å². The first-order valence-electron chi connectivity index (χ1n) is 9.39. The van der Waals surface area contributed by atoms with Crippen LogP contribution in [0.25, 0.3) is 0 Å². The fourth-order valence-corrected chi connectivity index (χ4v) is 5.76. The van der Waals surface area contributed by atoms with Crippen molar-refractivity contribution in [3.8, 4) is 11.5 Å². The van der Waals surface area contributed by atoms with Gasteiger partial charge >= 0.3 is 0 Å². The Morgan fingerprint density at radius 1 is 1.19 bits per heavy atom. The SMILES string of the molecule is COc1cc(C(=O)NC2CS(=O)(=O)CC2N2CCCC2)ccc1OC(C)C. The maximum Gasteiger partial charge on any atom is 0.251 e. The summed E-state index contributed by atoms with van der Waals surface area (Å²) in [5.41, 5.74) is 0.424. The van der Waals surface area contributed by atoms with Crippen LogP contribution in [0.15, 0.2) is 18.2 Å². The van der Waals surface area contributed by atoms with Gasteiger partial charge in [0.2, 0.25) is 0 Å². The highest BCUT2D eigenvalue weighted by Gasteiger charge is 2.42. The van der Waals surface area contributed by atoms with Crippen LogP contribution in [0.4, 0.5) is 0 Å². The lowest BCUT2D eigenvalue weighted by molar-refractivity contribution is 0.0918. The van der Waals surface area contributed by atoms with Crippen LogP contribution in [0.5, 0.6) is 11.5 Å². The van der Waals surface area contributed by atoms with E-state index in [1.54, 1.807) is 18.2 Å². The predicted molar refractivity (Wildman–Crippen MR) is 103 cm³/mol. The van der Waals surface area contributed by atoms with Crippen molar-refractivity contribution in [2.24, 2.45) is 0 Å². The van der Waals surface area contributed by atoms with E-state index in [0.29, 0.717) is 17.1 Å². The Kier molecular flexibility index (Phi) is 5.95. The van der Waals surface area contributed by atoms with Crippen molar-refractivity contribution >= 4 is 15.7 Å². The fraction of sp³-hybridized carbons (Fsp3) is 0.632. The van der Waals surface area contributed by atoms with Crippen LogP contribution in [0.3, 0.4) is 0 Å². The van der Waals surface area contributed by atoms with Crippen molar-refractivity contribution in [1.29, 1.82) is 0 Å². The van der Waals surface area contributed by atoms with Gasteiger partial charge in [0.05, 0.1) is 30.8 Å². The molecule has 2 unspecified atom stereocenters. The number of benzene rings is 1. The largest absolute Gasteiger partial charge is 0.493 e. The van der Waals surface area contributed by atoms with Crippen LogP contribution in [-0.4, -0.2) is 69.1 Å². The molecule has 150 valence electrons. The maximum atomic E-state index is 12.8. The first-order chi connectivity index (χ1) is 12.8. The number of ether oxygens (including phenoxy) is 2. The molecule has 2 fully saturated rings. The standard InChI is InChI=1S/C19H28N2O5S/c1-13(2)26-17-7-6-14(10-18(17)25-3)19(22)20-15-11-27(23,24)12-16(15)21-8-4-5-9-21/h6-7,10,13,15-16H,4-5,8-9,11-12H2,1-3H3,(H,20,22). The van der Waals surface area contributed by atoms with E-state index in [1.165, 1.54) is 7.11 Å². The molecule has 1 amide bonds. The van der Waals surface area contributed by atoms with Gasteiger partial charge in [-0.2, -0.15) is 0 Å². The van der Waals surface area contributed by atoms with Crippen LogP contribution >= 0.6 is 0 Å². The molecule has 1 N–H and O–H groups in total. The third kappa shape index (κ3) is 4.73. The Morgan fingerprint density at radius 3 is 2.52 bits per heavy atom. The molecule has 2 saturated heterocycles. The van der Waals surface area contributed by atoms with Gasteiger partial charge < -0.3 is 14.8 Å². The molecular weight excluding hydrogens is 368 g/mol. The highest BCUT2D eigenvalue weighted by atomic mass is 32.2. The van der Waals surface area contributed by atoms with Gasteiger partial charge in [0.15, 0.2) is 21.3 Å². The van der Waals surface area contributed by atoms with Gasteiger partial charge in [0.1, 0.15) is 0 Å². The number of hydrogen-bond acceptors (Lipinski definition) is 6. The minimum absolute atomic E-state index is 0.00835. The molecule has 0 bridgehead atoms. The number of carbonyl (C=O) groups is 1. The lowest BCUT2D eigenvalue weighted by Crippen LogP contribution is -2.50. The van der Waals surface area contributed by atoms with Crippen molar-refractivity contribution in [3.05, 3.63) is 23.8 Å². The van der Waals surface area contributed by atoms with Gasteiger partial charge in [-0.05, 0) is 58.0 Å². The molecule has 2 heterocycles. The Hall–Kier alpha value is -1.80. The number of hydrogen-bond donors (Lipinski definition) is 1. The van der Waals surface area contributed by atoms with Crippen LogP contribution in [0.2, 0.25) is 0 Å². The summed E-state index contributed by atoms with van der Waals surface area (Å²) in [4.78, 5) is 14.9. The number of amides is 1. The summed E-state index contributed by atoms with van der Waals surface area (Å²) >= 11 is 0. The average Bonchev–Trinajstić information content (AvgIpc) is 3.22. The van der Waals surface area contributed by atoms with Crippen molar-refractivity contribution in [2.45, 2.75) is 44.9 Å². The summed E-state index contributed by atoms with van der Waals surface area (Å²) in [7, 11) is -1.62.